The van der Waals surface area contributed by atoms with Crippen LogP contribution in [-0.4, -0.2) is 90.3 Å². The minimum absolute atomic E-state index is 0.151. The van der Waals surface area contributed by atoms with Crippen molar-refractivity contribution in [2.24, 2.45) is 5.29 Å². The van der Waals surface area contributed by atoms with Crippen LogP contribution in [0.4, 0.5) is 4.79 Å². The first kappa shape index (κ1) is 28.4. The van der Waals surface area contributed by atoms with Gasteiger partial charge in [0.2, 0.25) is 11.5 Å². The number of nitroso groups, excluding NO2 is 1. The second kappa shape index (κ2) is 11.7. The molecule has 2 amide bonds. The largest absolute Gasteiger partial charge is 0.394 e. The molecule has 0 unspecified atom stereocenters. The van der Waals surface area contributed by atoms with Crippen molar-refractivity contribution in [2.45, 2.75) is 76.4 Å². The number of alkyl halides is 1. The van der Waals surface area contributed by atoms with Crippen molar-refractivity contribution in [1.29, 1.82) is 0 Å². The molecule has 1 aromatic carbocycles. The number of aryl methyl sites for hydroxylation is 1. The standard InChI is InChI=1S/C22H34ClN3O8/c1-4-5-9-21(31)22(32,19(29)18(28)17(13-27)34-21)25(20(30)26(24-33)11-10-23)12-16-8-6-7-14(2)15(16)3/h6-8,17-19,27-29,31-32H,4-5,9-13H2,1-3H3/t17-,18+,19+,21+,22-/m1/s1. The van der Waals surface area contributed by atoms with Crippen LogP contribution in [0.15, 0.2) is 23.5 Å². The summed E-state index contributed by atoms with van der Waals surface area (Å²) in [6, 6.07) is 4.09. The van der Waals surface area contributed by atoms with E-state index in [-0.39, 0.29) is 25.4 Å². The molecule has 1 fully saturated rings. The van der Waals surface area contributed by atoms with Crippen LogP contribution in [0.25, 0.3) is 0 Å². The monoisotopic (exact) mass is 503 g/mol. The Balaban J connectivity index is 2.71. The number of rotatable bonds is 10. The molecule has 2 rings (SSSR count). The van der Waals surface area contributed by atoms with E-state index in [9.17, 15) is 35.2 Å². The minimum Gasteiger partial charge on any atom is -0.394 e. The lowest BCUT2D eigenvalue weighted by Gasteiger charge is -2.57. The van der Waals surface area contributed by atoms with Crippen molar-refractivity contribution in [1.82, 2.24) is 9.91 Å². The predicted molar refractivity (Wildman–Crippen MR) is 123 cm³/mol. The molecule has 34 heavy (non-hydrogen) atoms. The highest BCUT2D eigenvalue weighted by molar-refractivity contribution is 6.18. The van der Waals surface area contributed by atoms with E-state index in [0.29, 0.717) is 28.3 Å². The summed E-state index contributed by atoms with van der Waals surface area (Å²) in [6.07, 6.45) is -4.85. The van der Waals surface area contributed by atoms with Crippen LogP contribution in [0.3, 0.4) is 0 Å². The maximum atomic E-state index is 13.5. The van der Waals surface area contributed by atoms with E-state index in [4.69, 9.17) is 16.3 Å². The number of carbonyl (C=O) groups is 1. The smallest absolute Gasteiger partial charge is 0.345 e. The quantitative estimate of drug-likeness (QED) is 0.137. The number of aliphatic hydroxyl groups excluding tert-OH is 3. The maximum absolute atomic E-state index is 13.5. The lowest BCUT2D eigenvalue weighted by atomic mass is 9.82. The zero-order valence-corrected chi connectivity index (χ0v) is 20.4. The molecule has 11 nitrogen and oxygen atoms in total. The van der Waals surface area contributed by atoms with Gasteiger partial charge in [0.1, 0.15) is 18.3 Å². The van der Waals surface area contributed by atoms with Gasteiger partial charge in [0.05, 0.1) is 25.0 Å². The van der Waals surface area contributed by atoms with Crippen molar-refractivity contribution in [2.75, 3.05) is 19.0 Å². The van der Waals surface area contributed by atoms with Gasteiger partial charge in [-0.15, -0.1) is 16.5 Å². The van der Waals surface area contributed by atoms with Gasteiger partial charge in [-0.2, -0.15) is 5.01 Å². The Kier molecular flexibility index (Phi) is 9.78. The van der Waals surface area contributed by atoms with Crippen molar-refractivity contribution < 1.29 is 35.1 Å². The van der Waals surface area contributed by atoms with Gasteiger partial charge in [-0.3, -0.25) is 4.90 Å². The molecule has 0 saturated carbocycles. The Bertz CT molecular complexity index is 861. The van der Waals surface area contributed by atoms with Crippen molar-refractivity contribution in [3.63, 3.8) is 0 Å². The zero-order valence-electron chi connectivity index (χ0n) is 19.6. The summed E-state index contributed by atoms with van der Waals surface area (Å²) >= 11 is 5.70. The molecular weight excluding hydrogens is 470 g/mol. The number of hydrogen-bond donors (Lipinski definition) is 5. The van der Waals surface area contributed by atoms with E-state index in [1.54, 1.807) is 19.1 Å². The van der Waals surface area contributed by atoms with Crippen molar-refractivity contribution >= 4 is 17.6 Å². The second-order valence-electron chi connectivity index (χ2n) is 8.51. The highest BCUT2D eigenvalue weighted by Gasteiger charge is 2.67. The number of halogens is 1. The number of amides is 2. The number of ether oxygens (including phenoxy) is 1. The summed E-state index contributed by atoms with van der Waals surface area (Å²) < 4.78 is 5.52. The molecule has 0 spiro atoms. The van der Waals surface area contributed by atoms with E-state index >= 15 is 0 Å². The normalized spacial score (nSPS) is 29.0. The lowest BCUT2D eigenvalue weighted by molar-refractivity contribution is -0.421. The Morgan fingerprint density at radius 1 is 1.26 bits per heavy atom. The molecule has 1 aromatic rings. The fourth-order valence-electron chi connectivity index (χ4n) is 4.13. The van der Waals surface area contributed by atoms with E-state index < -0.39 is 42.5 Å². The molecule has 192 valence electrons. The summed E-state index contributed by atoms with van der Waals surface area (Å²) in [4.78, 5) is 25.6. The predicted octanol–water partition coefficient (Wildman–Crippen LogP) is 1.13. The number of aliphatic hydroxyl groups is 5. The molecule has 5 N–H and O–H groups in total. The van der Waals surface area contributed by atoms with Crippen LogP contribution in [0, 0.1) is 18.8 Å². The van der Waals surface area contributed by atoms with Gasteiger partial charge in [-0.25, -0.2) is 4.79 Å². The summed E-state index contributed by atoms with van der Waals surface area (Å²) in [5.74, 6) is -2.75. The van der Waals surface area contributed by atoms with Crippen LogP contribution in [-0.2, 0) is 11.3 Å². The molecule has 1 saturated heterocycles. The Morgan fingerprint density at radius 2 is 1.94 bits per heavy atom. The van der Waals surface area contributed by atoms with Gasteiger partial charge in [0.15, 0.2) is 0 Å². The molecule has 1 aliphatic heterocycles. The van der Waals surface area contributed by atoms with Gasteiger partial charge in [-0.05, 0) is 37.0 Å². The van der Waals surface area contributed by atoms with Gasteiger partial charge in [0.25, 0.3) is 0 Å². The average molecular weight is 504 g/mol. The van der Waals surface area contributed by atoms with Crippen LogP contribution in [0.1, 0.15) is 42.9 Å². The second-order valence-corrected chi connectivity index (χ2v) is 8.89. The van der Waals surface area contributed by atoms with E-state index in [0.717, 1.165) is 11.1 Å². The fraction of sp³-hybridized carbons (Fsp3) is 0.682. The number of urea groups is 1. The summed E-state index contributed by atoms with van der Waals surface area (Å²) in [7, 11) is 0. The molecule has 5 atom stereocenters. The third kappa shape index (κ3) is 5.20. The topological polar surface area (TPSA) is 163 Å². The van der Waals surface area contributed by atoms with Gasteiger partial charge in [-0.1, -0.05) is 31.5 Å². The molecule has 1 aliphatic rings. The Morgan fingerprint density at radius 3 is 2.50 bits per heavy atom. The van der Waals surface area contributed by atoms with Gasteiger partial charge >= 0.3 is 6.03 Å². The lowest BCUT2D eigenvalue weighted by Crippen LogP contribution is -2.80. The van der Waals surface area contributed by atoms with Crippen LogP contribution in [0.5, 0.6) is 0 Å². The van der Waals surface area contributed by atoms with E-state index in [1.807, 2.05) is 19.9 Å². The highest BCUT2D eigenvalue weighted by atomic mass is 35.5. The summed E-state index contributed by atoms with van der Waals surface area (Å²) in [6.45, 7) is 4.01. The van der Waals surface area contributed by atoms with Crippen molar-refractivity contribution in [3.8, 4) is 0 Å². The highest BCUT2D eigenvalue weighted by Crippen LogP contribution is 2.43. The number of hydrogen-bond acceptors (Lipinski definition) is 9. The van der Waals surface area contributed by atoms with Crippen molar-refractivity contribution in [3.05, 3.63) is 39.8 Å². The molecular formula is C22H34ClN3O8. The summed E-state index contributed by atoms with van der Waals surface area (Å²) in [5.41, 5.74) is -0.730. The Labute approximate surface area is 203 Å². The average Bonchev–Trinajstić information content (AvgIpc) is 2.82. The Hall–Kier alpha value is -1.86. The number of carbonyl (C=O) groups excluding carboxylic acids is 1. The third-order valence-electron chi connectivity index (χ3n) is 6.39. The van der Waals surface area contributed by atoms with Crippen LogP contribution >= 0.6 is 11.6 Å². The van der Waals surface area contributed by atoms with Crippen LogP contribution in [0.2, 0.25) is 0 Å². The maximum Gasteiger partial charge on any atom is 0.345 e. The molecule has 0 bridgehead atoms. The molecule has 0 radical (unpaired) electrons. The fourth-order valence-corrected chi connectivity index (χ4v) is 4.29. The SMILES string of the molecule is CCCC[C@]1(O)O[C@H](CO)[C@H](O)[C@H](O)[C@]1(O)N(Cc1cccc(C)c1C)C(=O)N(CCCl)N=O. The van der Waals surface area contributed by atoms with Gasteiger partial charge in [0, 0.05) is 12.3 Å². The molecule has 1 heterocycles. The van der Waals surface area contributed by atoms with E-state index in [1.165, 1.54) is 0 Å². The third-order valence-corrected chi connectivity index (χ3v) is 6.56. The number of nitrogens with zero attached hydrogens (tertiary/aromatic N) is 3. The van der Waals surface area contributed by atoms with Gasteiger partial charge < -0.3 is 30.3 Å². The first-order valence-corrected chi connectivity index (χ1v) is 11.7. The number of unbranched alkanes of at least 4 members (excludes halogenated alkanes) is 1. The van der Waals surface area contributed by atoms with Crippen LogP contribution < -0.4 is 0 Å². The first-order chi connectivity index (χ1) is 16.0. The molecule has 0 aliphatic carbocycles. The summed E-state index contributed by atoms with van der Waals surface area (Å²) in [5, 5.41) is 57.7. The van der Waals surface area contributed by atoms with E-state index in [2.05, 4.69) is 5.29 Å². The molecule has 0 aromatic heterocycles. The zero-order chi connectivity index (χ0) is 25.7. The number of benzene rings is 1. The first-order valence-electron chi connectivity index (χ1n) is 11.1. The molecule has 12 heteroatoms. The minimum atomic E-state index is -2.92.